The Bertz CT molecular complexity index is 1130. The number of carbonyl (C=O) groups is 2. The molecule has 0 radical (unpaired) electrons. The lowest BCUT2D eigenvalue weighted by atomic mass is 10.0. The second-order valence-corrected chi connectivity index (χ2v) is 21.1. The topological polar surface area (TPSA) is 95.9 Å². The van der Waals surface area contributed by atoms with Crippen LogP contribution in [0.4, 0.5) is 0 Å². The summed E-state index contributed by atoms with van der Waals surface area (Å²) in [5, 5.41) is 23.9. The maximum Gasteiger partial charge on any atom is 0.306 e. The molecule has 3 unspecified atom stereocenters. The molecule has 3 N–H and O–H groups in total. The molecule has 0 saturated carbocycles. The summed E-state index contributed by atoms with van der Waals surface area (Å²) >= 11 is 0. The highest BCUT2D eigenvalue weighted by Crippen LogP contribution is 2.19. The molecule has 0 heterocycles. The third kappa shape index (κ3) is 52.2. The Kier molecular flexibility index (Phi) is 55.4. The molecule has 0 fully saturated rings. The Balaban J connectivity index is 4.55. The standard InChI is InChI=1S/C63H119NO5/c1-4-7-10-13-16-19-22-25-28-30-32-35-38-41-44-47-50-53-56-63(68)69-59(54-51-48-45-42-39-36-34-31-29-26-23-20-17-14-11-8-5-2)57-62(67)64-60(58-65)61(66)55-52-49-46-43-40-37-33-27-24-21-18-15-12-9-6-3/h17,20,26,29,34,36,59-61,65-66H,4-16,18-19,21-25,27-28,30-33,35,37-58H2,1-3H3,(H,64,67)/b20-17-,29-26-,36-34-. The minimum Gasteiger partial charge on any atom is -0.462 e. The first-order chi connectivity index (χ1) is 34.0. The summed E-state index contributed by atoms with van der Waals surface area (Å²) in [7, 11) is 0. The van der Waals surface area contributed by atoms with E-state index in [2.05, 4.69) is 62.5 Å². The molecule has 406 valence electrons. The van der Waals surface area contributed by atoms with Gasteiger partial charge in [0.2, 0.25) is 5.91 Å². The molecule has 6 heteroatoms. The molecule has 3 atom stereocenters. The van der Waals surface area contributed by atoms with Crippen LogP contribution in [0.3, 0.4) is 0 Å². The average Bonchev–Trinajstić information content (AvgIpc) is 3.34. The highest BCUT2D eigenvalue weighted by Gasteiger charge is 2.24. The van der Waals surface area contributed by atoms with E-state index in [0.717, 1.165) is 77.0 Å². The van der Waals surface area contributed by atoms with Gasteiger partial charge < -0.3 is 20.3 Å². The smallest absolute Gasteiger partial charge is 0.306 e. The fourth-order valence-electron chi connectivity index (χ4n) is 9.56. The van der Waals surface area contributed by atoms with Crippen LogP contribution in [0.2, 0.25) is 0 Å². The second-order valence-electron chi connectivity index (χ2n) is 21.1. The van der Waals surface area contributed by atoms with Crippen molar-refractivity contribution >= 4 is 11.9 Å². The Morgan fingerprint density at radius 1 is 0.420 bits per heavy atom. The lowest BCUT2D eigenvalue weighted by molar-refractivity contribution is -0.151. The average molecular weight is 971 g/mol. The van der Waals surface area contributed by atoms with Gasteiger partial charge in [-0.1, -0.05) is 288 Å². The molecule has 0 aliphatic heterocycles. The molecule has 0 aliphatic carbocycles. The quantitative estimate of drug-likeness (QED) is 0.0321. The molecule has 0 bridgehead atoms. The monoisotopic (exact) mass is 970 g/mol. The number of rotatable bonds is 56. The zero-order valence-corrected chi connectivity index (χ0v) is 46.5. The molecule has 0 aromatic heterocycles. The summed E-state index contributed by atoms with van der Waals surface area (Å²) in [6, 6.07) is -0.707. The van der Waals surface area contributed by atoms with Gasteiger partial charge in [0.15, 0.2) is 0 Å². The summed E-state index contributed by atoms with van der Waals surface area (Å²) in [6.07, 6.45) is 69.3. The van der Waals surface area contributed by atoms with Gasteiger partial charge in [-0.3, -0.25) is 9.59 Å². The number of aliphatic hydroxyl groups excluding tert-OH is 2. The van der Waals surface area contributed by atoms with Crippen molar-refractivity contribution in [2.75, 3.05) is 6.61 Å². The van der Waals surface area contributed by atoms with Crippen LogP contribution in [-0.4, -0.2) is 46.9 Å². The van der Waals surface area contributed by atoms with Crippen molar-refractivity contribution in [1.29, 1.82) is 0 Å². The number of esters is 1. The van der Waals surface area contributed by atoms with Crippen LogP contribution in [0, 0.1) is 0 Å². The maximum absolute atomic E-state index is 13.3. The van der Waals surface area contributed by atoms with Crippen LogP contribution < -0.4 is 5.32 Å². The van der Waals surface area contributed by atoms with Gasteiger partial charge >= 0.3 is 5.97 Å². The van der Waals surface area contributed by atoms with Gasteiger partial charge in [-0.25, -0.2) is 0 Å². The predicted molar refractivity (Wildman–Crippen MR) is 301 cm³/mol. The van der Waals surface area contributed by atoms with E-state index in [1.54, 1.807) is 0 Å². The first-order valence-corrected chi connectivity index (χ1v) is 30.7. The van der Waals surface area contributed by atoms with Gasteiger partial charge in [0.1, 0.15) is 6.10 Å². The number of nitrogens with one attached hydrogen (secondary N) is 1. The van der Waals surface area contributed by atoms with Gasteiger partial charge in [-0.15, -0.1) is 0 Å². The van der Waals surface area contributed by atoms with E-state index in [1.165, 1.54) is 205 Å². The van der Waals surface area contributed by atoms with Crippen LogP contribution >= 0.6 is 0 Å². The van der Waals surface area contributed by atoms with E-state index >= 15 is 0 Å². The molecule has 69 heavy (non-hydrogen) atoms. The molecule has 1 amide bonds. The summed E-state index contributed by atoms with van der Waals surface area (Å²) in [5.41, 5.74) is 0. The molecule has 6 nitrogen and oxygen atoms in total. The number of hydrogen-bond acceptors (Lipinski definition) is 5. The molecule has 0 aliphatic rings. The Morgan fingerprint density at radius 3 is 1.14 bits per heavy atom. The van der Waals surface area contributed by atoms with Gasteiger partial charge in [0.25, 0.3) is 0 Å². The van der Waals surface area contributed by atoms with Crippen LogP contribution in [0.5, 0.6) is 0 Å². The van der Waals surface area contributed by atoms with Crippen molar-refractivity contribution in [3.8, 4) is 0 Å². The zero-order valence-electron chi connectivity index (χ0n) is 46.5. The van der Waals surface area contributed by atoms with E-state index in [4.69, 9.17) is 4.74 Å². The highest BCUT2D eigenvalue weighted by atomic mass is 16.5. The summed E-state index contributed by atoms with van der Waals surface area (Å²) in [4.78, 5) is 26.3. The summed E-state index contributed by atoms with van der Waals surface area (Å²) < 4.78 is 5.97. The Hall–Kier alpha value is -1.92. The number of aliphatic hydroxyl groups is 2. The molecule has 0 spiro atoms. The summed E-state index contributed by atoms with van der Waals surface area (Å²) in [5.74, 6) is -0.476. The second kappa shape index (κ2) is 57.0. The normalized spacial score (nSPS) is 13.3. The fraction of sp³-hybridized carbons (Fsp3) is 0.873. The van der Waals surface area contributed by atoms with Crippen molar-refractivity contribution in [2.24, 2.45) is 0 Å². The molecule has 0 rings (SSSR count). The third-order valence-electron chi connectivity index (χ3n) is 14.2. The first-order valence-electron chi connectivity index (χ1n) is 30.7. The zero-order chi connectivity index (χ0) is 50.2. The molecule has 0 aromatic rings. The van der Waals surface area contributed by atoms with Crippen LogP contribution in [0.1, 0.15) is 329 Å². The van der Waals surface area contributed by atoms with Crippen molar-refractivity contribution in [1.82, 2.24) is 5.32 Å². The van der Waals surface area contributed by atoms with Gasteiger partial charge in [0.05, 0.1) is 25.2 Å². The number of unbranched alkanes of at least 4 members (excludes halogenated alkanes) is 38. The number of hydrogen-bond donors (Lipinski definition) is 3. The number of carbonyl (C=O) groups excluding carboxylic acids is 2. The van der Waals surface area contributed by atoms with Gasteiger partial charge in [0, 0.05) is 6.42 Å². The van der Waals surface area contributed by atoms with E-state index in [1.807, 2.05) is 0 Å². The number of allylic oxidation sites excluding steroid dienone is 6. The van der Waals surface area contributed by atoms with Gasteiger partial charge in [-0.05, 0) is 64.2 Å². The van der Waals surface area contributed by atoms with E-state index in [0.29, 0.717) is 19.3 Å². The number of amides is 1. The number of ether oxygens (including phenoxy) is 1. The van der Waals surface area contributed by atoms with E-state index in [-0.39, 0.29) is 24.9 Å². The minimum atomic E-state index is -0.793. The molecular formula is C63H119NO5. The van der Waals surface area contributed by atoms with Crippen molar-refractivity contribution < 1.29 is 24.5 Å². The van der Waals surface area contributed by atoms with Crippen LogP contribution in [0.25, 0.3) is 0 Å². The SMILES string of the molecule is CCCCC/C=C\C/C=C\C/C=C\CCCCCCC(CC(=O)NC(CO)C(O)CCCCCCCCCCCCCCCCC)OC(=O)CCCCCCCCCCCCCCCCCCCC. The molecular weight excluding hydrogens is 851 g/mol. The minimum absolute atomic E-state index is 0.0674. The largest absolute Gasteiger partial charge is 0.462 e. The Morgan fingerprint density at radius 2 is 0.739 bits per heavy atom. The lowest BCUT2D eigenvalue weighted by Gasteiger charge is -2.24. The van der Waals surface area contributed by atoms with Gasteiger partial charge in [-0.2, -0.15) is 0 Å². The Labute approximate surface area is 430 Å². The van der Waals surface area contributed by atoms with Crippen molar-refractivity contribution in [3.63, 3.8) is 0 Å². The summed E-state index contributed by atoms with van der Waals surface area (Å²) in [6.45, 7) is 6.50. The fourth-order valence-corrected chi connectivity index (χ4v) is 9.56. The lowest BCUT2D eigenvalue weighted by Crippen LogP contribution is -2.46. The van der Waals surface area contributed by atoms with Crippen LogP contribution in [-0.2, 0) is 14.3 Å². The maximum atomic E-state index is 13.3. The first kappa shape index (κ1) is 67.1. The molecule has 0 saturated heterocycles. The third-order valence-corrected chi connectivity index (χ3v) is 14.2. The predicted octanol–water partition coefficient (Wildman–Crippen LogP) is 19.2. The highest BCUT2D eigenvalue weighted by molar-refractivity contribution is 5.77. The van der Waals surface area contributed by atoms with Crippen molar-refractivity contribution in [2.45, 2.75) is 347 Å². The van der Waals surface area contributed by atoms with Crippen molar-refractivity contribution in [3.05, 3.63) is 36.5 Å². The molecule has 0 aromatic carbocycles. The van der Waals surface area contributed by atoms with E-state index < -0.39 is 18.2 Å². The van der Waals surface area contributed by atoms with E-state index in [9.17, 15) is 19.8 Å². The van der Waals surface area contributed by atoms with Crippen LogP contribution in [0.15, 0.2) is 36.5 Å².